The number of alkyl halides is 1. The number of hydrogen-bond donors (Lipinski definition) is 0. The van der Waals surface area contributed by atoms with Crippen molar-refractivity contribution in [1.29, 1.82) is 0 Å². The summed E-state index contributed by atoms with van der Waals surface area (Å²) in [5.74, 6) is 1.52. The Bertz CT molecular complexity index is 110. The molecule has 2 atom stereocenters. The Morgan fingerprint density at radius 2 is 1.62 bits per heavy atom. The van der Waals surface area contributed by atoms with Crippen molar-refractivity contribution in [2.75, 3.05) is 0 Å². The molecule has 0 saturated carbocycles. The van der Waals surface area contributed by atoms with Crippen LogP contribution in [-0.4, -0.2) is 5.38 Å². The largest absolute Gasteiger partial charge is 0.123 e. The van der Waals surface area contributed by atoms with E-state index in [4.69, 9.17) is 11.6 Å². The molecule has 0 aromatic carbocycles. The van der Waals surface area contributed by atoms with Crippen molar-refractivity contribution in [1.82, 2.24) is 0 Å². The van der Waals surface area contributed by atoms with Crippen molar-refractivity contribution in [2.24, 2.45) is 11.8 Å². The van der Waals surface area contributed by atoms with Gasteiger partial charge in [-0.2, -0.15) is 0 Å². The predicted octanol–water partition coefficient (Wildman–Crippen LogP) is 4.86. The van der Waals surface area contributed by atoms with Gasteiger partial charge in [0.2, 0.25) is 0 Å². The molecule has 1 heteroatoms. The predicted molar refractivity (Wildman–Crippen MR) is 62.4 cm³/mol. The van der Waals surface area contributed by atoms with Gasteiger partial charge in [0.1, 0.15) is 0 Å². The van der Waals surface area contributed by atoms with Crippen LogP contribution in [0.1, 0.15) is 59.8 Å². The fourth-order valence-electron chi connectivity index (χ4n) is 1.63. The molecule has 0 aliphatic heterocycles. The van der Waals surface area contributed by atoms with Gasteiger partial charge in [-0.3, -0.25) is 0 Å². The minimum Gasteiger partial charge on any atom is -0.123 e. The summed E-state index contributed by atoms with van der Waals surface area (Å²) in [7, 11) is 0. The van der Waals surface area contributed by atoms with E-state index in [0.717, 1.165) is 5.92 Å². The molecule has 0 saturated heterocycles. The number of hydrogen-bond acceptors (Lipinski definition) is 0. The monoisotopic (exact) mass is 204 g/mol. The van der Waals surface area contributed by atoms with Crippen LogP contribution in [0.3, 0.4) is 0 Å². The van der Waals surface area contributed by atoms with E-state index in [1.165, 1.54) is 32.1 Å². The van der Waals surface area contributed by atoms with Gasteiger partial charge in [-0.1, -0.05) is 53.4 Å². The summed E-state index contributed by atoms with van der Waals surface area (Å²) < 4.78 is 0. The highest BCUT2D eigenvalue weighted by atomic mass is 35.5. The SMILES string of the molecule is CCCC(C)CCCC(Cl)C(C)C. The van der Waals surface area contributed by atoms with Gasteiger partial charge in [-0.05, 0) is 18.3 Å². The first-order valence-corrected chi connectivity index (χ1v) is 6.15. The third-order valence-corrected chi connectivity index (χ3v) is 3.40. The fraction of sp³-hybridized carbons (Fsp3) is 1.00. The summed E-state index contributed by atoms with van der Waals surface area (Å²) in [5.41, 5.74) is 0. The van der Waals surface area contributed by atoms with E-state index in [1.54, 1.807) is 0 Å². The molecule has 80 valence electrons. The van der Waals surface area contributed by atoms with Gasteiger partial charge >= 0.3 is 0 Å². The summed E-state index contributed by atoms with van der Waals surface area (Å²) in [6.07, 6.45) is 6.52. The van der Waals surface area contributed by atoms with Crippen LogP contribution in [0.25, 0.3) is 0 Å². The molecule has 0 aliphatic rings. The Labute approximate surface area is 89.1 Å². The van der Waals surface area contributed by atoms with Gasteiger partial charge in [0.15, 0.2) is 0 Å². The van der Waals surface area contributed by atoms with Crippen LogP contribution in [0, 0.1) is 11.8 Å². The Morgan fingerprint density at radius 3 is 2.08 bits per heavy atom. The highest BCUT2D eigenvalue weighted by molar-refractivity contribution is 6.20. The average Bonchev–Trinajstić information content (AvgIpc) is 2.04. The second-order valence-electron chi connectivity index (χ2n) is 4.58. The van der Waals surface area contributed by atoms with Crippen LogP contribution in [0.5, 0.6) is 0 Å². The van der Waals surface area contributed by atoms with Crippen LogP contribution in [0.15, 0.2) is 0 Å². The van der Waals surface area contributed by atoms with Crippen LogP contribution >= 0.6 is 11.6 Å². The third kappa shape index (κ3) is 7.37. The highest BCUT2D eigenvalue weighted by Crippen LogP contribution is 2.20. The Kier molecular flexibility index (Phi) is 7.84. The van der Waals surface area contributed by atoms with Gasteiger partial charge < -0.3 is 0 Å². The Balaban J connectivity index is 3.33. The second-order valence-corrected chi connectivity index (χ2v) is 5.15. The van der Waals surface area contributed by atoms with Crippen LogP contribution in [0.4, 0.5) is 0 Å². The molecule has 0 heterocycles. The Morgan fingerprint density at radius 1 is 1.00 bits per heavy atom. The van der Waals surface area contributed by atoms with Gasteiger partial charge in [0.25, 0.3) is 0 Å². The molecular weight excluding hydrogens is 180 g/mol. The van der Waals surface area contributed by atoms with Crippen molar-refractivity contribution >= 4 is 11.6 Å². The minimum atomic E-state index is 0.383. The molecule has 13 heavy (non-hydrogen) atoms. The molecule has 0 spiro atoms. The lowest BCUT2D eigenvalue weighted by atomic mass is 9.96. The van der Waals surface area contributed by atoms with Crippen molar-refractivity contribution in [3.8, 4) is 0 Å². The standard InChI is InChI=1S/C12H25Cl/c1-5-7-11(4)8-6-9-12(13)10(2)3/h10-12H,5-9H2,1-4H3. The lowest BCUT2D eigenvalue weighted by molar-refractivity contribution is 0.441. The van der Waals surface area contributed by atoms with Gasteiger partial charge in [-0.15, -0.1) is 11.6 Å². The van der Waals surface area contributed by atoms with Gasteiger partial charge in [0, 0.05) is 5.38 Å². The molecular formula is C12H25Cl. The minimum absolute atomic E-state index is 0.383. The first-order chi connectivity index (χ1) is 6.07. The zero-order valence-electron chi connectivity index (χ0n) is 9.65. The summed E-state index contributed by atoms with van der Waals surface area (Å²) in [6, 6.07) is 0. The van der Waals surface area contributed by atoms with E-state index < -0.39 is 0 Å². The van der Waals surface area contributed by atoms with E-state index in [-0.39, 0.29) is 0 Å². The topological polar surface area (TPSA) is 0 Å². The smallest absolute Gasteiger partial charge is 0.0359 e. The zero-order chi connectivity index (χ0) is 10.3. The normalized spacial score (nSPS) is 16.2. The van der Waals surface area contributed by atoms with Gasteiger partial charge in [-0.25, -0.2) is 0 Å². The number of halogens is 1. The molecule has 0 amide bonds. The quantitative estimate of drug-likeness (QED) is 0.520. The van der Waals surface area contributed by atoms with E-state index in [0.29, 0.717) is 11.3 Å². The Hall–Kier alpha value is 0.290. The van der Waals surface area contributed by atoms with E-state index >= 15 is 0 Å². The van der Waals surface area contributed by atoms with Crippen LogP contribution in [0.2, 0.25) is 0 Å². The van der Waals surface area contributed by atoms with Crippen molar-refractivity contribution in [3.63, 3.8) is 0 Å². The second kappa shape index (κ2) is 7.67. The lowest BCUT2D eigenvalue weighted by Gasteiger charge is -2.14. The van der Waals surface area contributed by atoms with E-state index in [1.807, 2.05) is 0 Å². The summed E-state index contributed by atoms with van der Waals surface area (Å²) >= 11 is 6.18. The first kappa shape index (κ1) is 13.3. The molecule has 0 fully saturated rings. The fourth-order valence-corrected chi connectivity index (χ4v) is 1.79. The molecule has 0 aromatic rings. The van der Waals surface area contributed by atoms with E-state index in [9.17, 15) is 0 Å². The lowest BCUT2D eigenvalue weighted by Crippen LogP contribution is -2.08. The first-order valence-electron chi connectivity index (χ1n) is 5.72. The number of rotatable bonds is 7. The molecule has 0 N–H and O–H groups in total. The third-order valence-electron chi connectivity index (χ3n) is 2.68. The molecule has 0 aromatic heterocycles. The summed E-state index contributed by atoms with van der Waals surface area (Å²) in [5, 5.41) is 0.383. The molecule has 0 bridgehead atoms. The molecule has 0 radical (unpaired) electrons. The maximum Gasteiger partial charge on any atom is 0.0359 e. The maximum absolute atomic E-state index is 6.18. The average molecular weight is 205 g/mol. The summed E-state index contributed by atoms with van der Waals surface area (Å²) in [4.78, 5) is 0. The molecule has 0 rings (SSSR count). The van der Waals surface area contributed by atoms with Crippen LogP contribution < -0.4 is 0 Å². The highest BCUT2D eigenvalue weighted by Gasteiger charge is 2.09. The van der Waals surface area contributed by atoms with Gasteiger partial charge in [0.05, 0.1) is 0 Å². The van der Waals surface area contributed by atoms with Crippen molar-refractivity contribution in [2.45, 2.75) is 65.2 Å². The molecule has 0 nitrogen and oxygen atoms in total. The van der Waals surface area contributed by atoms with E-state index in [2.05, 4.69) is 27.7 Å². The van der Waals surface area contributed by atoms with Crippen LogP contribution in [-0.2, 0) is 0 Å². The van der Waals surface area contributed by atoms with Crippen molar-refractivity contribution < 1.29 is 0 Å². The summed E-state index contributed by atoms with van der Waals surface area (Å²) in [6.45, 7) is 9.01. The molecule has 2 unspecified atom stereocenters. The maximum atomic E-state index is 6.18. The molecule has 0 aliphatic carbocycles. The van der Waals surface area contributed by atoms with Crippen molar-refractivity contribution in [3.05, 3.63) is 0 Å². The zero-order valence-corrected chi connectivity index (χ0v) is 10.4.